The van der Waals surface area contributed by atoms with Gasteiger partial charge in [-0.3, -0.25) is 4.90 Å². The average molecular weight is 225 g/mol. The summed E-state index contributed by atoms with van der Waals surface area (Å²) < 4.78 is 0. The molecule has 0 saturated carbocycles. The number of nitrogens with zero attached hydrogens (tertiary/aromatic N) is 2. The van der Waals surface area contributed by atoms with Crippen LogP contribution >= 0.6 is 11.3 Å². The summed E-state index contributed by atoms with van der Waals surface area (Å²) in [7, 11) is 0. The molecule has 0 spiro atoms. The molecule has 1 saturated heterocycles. The largest absolute Gasteiger partial charge is 0.362 e. The minimum Gasteiger partial charge on any atom is -0.362 e. The topological polar surface area (TPSA) is 28.2 Å². The summed E-state index contributed by atoms with van der Waals surface area (Å²) in [6.07, 6.45) is 3.35. The van der Waals surface area contributed by atoms with Gasteiger partial charge in [-0.15, -0.1) is 11.3 Å². The molecule has 1 aromatic rings. The lowest BCUT2D eigenvalue weighted by molar-refractivity contribution is 0.323. The zero-order chi connectivity index (χ0) is 10.7. The van der Waals surface area contributed by atoms with Crippen LogP contribution in [0.1, 0.15) is 25.1 Å². The van der Waals surface area contributed by atoms with Crippen LogP contribution in [0.4, 0.5) is 5.13 Å². The fraction of sp³-hybridized carbons (Fsp3) is 0.727. The molecule has 0 amide bonds. The first kappa shape index (κ1) is 10.9. The fourth-order valence-electron chi connectivity index (χ4n) is 2.00. The van der Waals surface area contributed by atoms with E-state index in [1.165, 1.54) is 24.4 Å². The van der Waals surface area contributed by atoms with Crippen molar-refractivity contribution in [2.75, 3.05) is 25.0 Å². The first-order chi connectivity index (χ1) is 7.28. The third-order valence-electron chi connectivity index (χ3n) is 2.77. The molecule has 15 heavy (non-hydrogen) atoms. The van der Waals surface area contributed by atoms with Crippen LogP contribution in [0.5, 0.6) is 0 Å². The van der Waals surface area contributed by atoms with Crippen molar-refractivity contribution in [3.63, 3.8) is 0 Å². The Morgan fingerprint density at radius 1 is 1.67 bits per heavy atom. The molecule has 1 aliphatic rings. The second-order valence-corrected chi connectivity index (χ2v) is 5.41. The van der Waals surface area contributed by atoms with Crippen LogP contribution in [-0.4, -0.2) is 29.5 Å². The maximum absolute atomic E-state index is 4.35. The van der Waals surface area contributed by atoms with E-state index in [0.717, 1.165) is 24.1 Å². The minimum absolute atomic E-state index is 0.867. The van der Waals surface area contributed by atoms with E-state index in [9.17, 15) is 0 Å². The Kier molecular flexibility index (Phi) is 3.59. The van der Waals surface area contributed by atoms with Crippen LogP contribution in [0.2, 0.25) is 0 Å². The Bertz CT molecular complexity index is 311. The Hall–Kier alpha value is -0.610. The molecule has 1 aromatic heterocycles. The van der Waals surface area contributed by atoms with E-state index in [4.69, 9.17) is 0 Å². The standard InChI is InChI=1S/C11H19N3S/c1-3-12-11-13-6-10(15-11)8-14-5-4-9(2)7-14/h6,9H,3-5,7-8H2,1-2H3,(H,12,13). The summed E-state index contributed by atoms with van der Waals surface area (Å²) in [5.41, 5.74) is 0. The Labute approximate surface area is 95.5 Å². The molecule has 1 unspecified atom stereocenters. The van der Waals surface area contributed by atoms with Crippen molar-refractivity contribution in [1.82, 2.24) is 9.88 Å². The van der Waals surface area contributed by atoms with Crippen LogP contribution in [0.15, 0.2) is 6.20 Å². The third kappa shape index (κ3) is 2.92. The van der Waals surface area contributed by atoms with Crippen molar-refractivity contribution in [2.45, 2.75) is 26.8 Å². The van der Waals surface area contributed by atoms with Gasteiger partial charge in [0.15, 0.2) is 5.13 Å². The summed E-state index contributed by atoms with van der Waals surface area (Å²) in [4.78, 5) is 8.24. The first-order valence-corrected chi connectivity index (χ1v) is 6.50. The molecule has 84 valence electrons. The number of anilines is 1. The number of rotatable bonds is 4. The summed E-state index contributed by atoms with van der Waals surface area (Å²) in [5.74, 6) is 0.867. The van der Waals surface area contributed by atoms with Crippen LogP contribution in [-0.2, 0) is 6.54 Å². The number of aromatic nitrogens is 1. The highest BCUT2D eigenvalue weighted by molar-refractivity contribution is 7.15. The highest BCUT2D eigenvalue weighted by Crippen LogP contribution is 2.23. The van der Waals surface area contributed by atoms with Gasteiger partial charge in [0.1, 0.15) is 0 Å². The normalized spacial score (nSPS) is 22.1. The van der Waals surface area contributed by atoms with E-state index in [1.54, 1.807) is 11.3 Å². The lowest BCUT2D eigenvalue weighted by atomic mass is 10.2. The van der Waals surface area contributed by atoms with E-state index in [1.807, 2.05) is 6.20 Å². The van der Waals surface area contributed by atoms with Gasteiger partial charge in [-0.2, -0.15) is 0 Å². The van der Waals surface area contributed by atoms with E-state index < -0.39 is 0 Å². The van der Waals surface area contributed by atoms with Crippen LogP contribution < -0.4 is 5.32 Å². The molecular weight excluding hydrogens is 206 g/mol. The third-order valence-corrected chi connectivity index (χ3v) is 3.71. The smallest absolute Gasteiger partial charge is 0.182 e. The van der Waals surface area contributed by atoms with E-state index in [2.05, 4.69) is 29.0 Å². The highest BCUT2D eigenvalue weighted by Gasteiger charge is 2.19. The molecule has 0 aliphatic carbocycles. The van der Waals surface area contributed by atoms with Crippen molar-refractivity contribution in [3.05, 3.63) is 11.1 Å². The maximum Gasteiger partial charge on any atom is 0.182 e. The van der Waals surface area contributed by atoms with E-state index in [-0.39, 0.29) is 0 Å². The molecular formula is C11H19N3S. The zero-order valence-corrected chi connectivity index (χ0v) is 10.3. The van der Waals surface area contributed by atoms with Crippen LogP contribution in [0.25, 0.3) is 0 Å². The SMILES string of the molecule is CCNc1ncc(CN2CCC(C)C2)s1. The van der Waals surface area contributed by atoms with Gasteiger partial charge in [-0.1, -0.05) is 6.92 Å². The number of nitrogens with one attached hydrogen (secondary N) is 1. The highest BCUT2D eigenvalue weighted by atomic mass is 32.1. The zero-order valence-electron chi connectivity index (χ0n) is 9.49. The molecule has 1 aliphatic heterocycles. The first-order valence-electron chi connectivity index (χ1n) is 5.69. The van der Waals surface area contributed by atoms with E-state index in [0.29, 0.717) is 0 Å². The predicted octanol–water partition coefficient (Wildman–Crippen LogP) is 2.42. The average Bonchev–Trinajstić information content (AvgIpc) is 2.78. The summed E-state index contributed by atoms with van der Waals surface area (Å²) in [5, 5.41) is 4.31. The maximum atomic E-state index is 4.35. The molecule has 1 atom stereocenters. The van der Waals surface area contributed by atoms with Gasteiger partial charge in [0.2, 0.25) is 0 Å². The second-order valence-electron chi connectivity index (χ2n) is 4.29. The molecule has 1 fully saturated rings. The van der Waals surface area contributed by atoms with Crippen molar-refractivity contribution >= 4 is 16.5 Å². The lowest BCUT2D eigenvalue weighted by Gasteiger charge is -2.12. The van der Waals surface area contributed by atoms with Gasteiger partial charge in [0.25, 0.3) is 0 Å². The Morgan fingerprint density at radius 2 is 2.53 bits per heavy atom. The fourth-order valence-corrected chi connectivity index (χ4v) is 2.93. The van der Waals surface area contributed by atoms with E-state index >= 15 is 0 Å². The minimum atomic E-state index is 0.867. The molecule has 4 heteroatoms. The molecule has 0 bridgehead atoms. The number of hydrogen-bond donors (Lipinski definition) is 1. The van der Waals surface area contributed by atoms with Gasteiger partial charge in [0.05, 0.1) is 0 Å². The quantitative estimate of drug-likeness (QED) is 0.853. The van der Waals surface area contributed by atoms with Crippen molar-refractivity contribution in [1.29, 1.82) is 0 Å². The predicted molar refractivity (Wildman–Crippen MR) is 65.3 cm³/mol. The van der Waals surface area contributed by atoms with Gasteiger partial charge in [0, 0.05) is 30.7 Å². The van der Waals surface area contributed by atoms with Gasteiger partial charge in [-0.05, 0) is 25.8 Å². The second kappa shape index (κ2) is 4.94. The lowest BCUT2D eigenvalue weighted by Crippen LogP contribution is -2.18. The molecule has 1 N–H and O–H groups in total. The molecule has 2 rings (SSSR count). The van der Waals surface area contributed by atoms with Crippen LogP contribution in [0, 0.1) is 5.92 Å². The van der Waals surface area contributed by atoms with Gasteiger partial charge in [-0.25, -0.2) is 4.98 Å². The Morgan fingerprint density at radius 3 is 3.20 bits per heavy atom. The Balaban J connectivity index is 1.87. The van der Waals surface area contributed by atoms with Crippen molar-refractivity contribution in [3.8, 4) is 0 Å². The number of hydrogen-bond acceptors (Lipinski definition) is 4. The monoisotopic (exact) mass is 225 g/mol. The van der Waals surface area contributed by atoms with Crippen molar-refractivity contribution in [2.24, 2.45) is 5.92 Å². The van der Waals surface area contributed by atoms with Gasteiger partial charge >= 0.3 is 0 Å². The number of thiazole rings is 1. The molecule has 0 aromatic carbocycles. The molecule has 3 nitrogen and oxygen atoms in total. The molecule has 2 heterocycles. The summed E-state index contributed by atoms with van der Waals surface area (Å²) in [6, 6.07) is 0. The molecule has 0 radical (unpaired) electrons. The summed E-state index contributed by atoms with van der Waals surface area (Å²) >= 11 is 1.78. The van der Waals surface area contributed by atoms with Crippen LogP contribution in [0.3, 0.4) is 0 Å². The van der Waals surface area contributed by atoms with Crippen molar-refractivity contribution < 1.29 is 0 Å². The summed E-state index contributed by atoms with van der Waals surface area (Å²) in [6.45, 7) is 8.95. The number of likely N-dealkylation sites (tertiary alicyclic amines) is 1. The van der Waals surface area contributed by atoms with Gasteiger partial charge < -0.3 is 5.32 Å².